The average Bonchev–Trinajstić information content (AvgIpc) is 2.74. The van der Waals surface area contributed by atoms with E-state index < -0.39 is 29.0 Å². The van der Waals surface area contributed by atoms with E-state index in [1.54, 1.807) is 19.9 Å². The average molecular weight is 446 g/mol. The molecule has 3 aromatic carbocycles. The standard InChI is InChI=1S/C24H22F4N2O2/c1-23(2,22(31)30-17-12-13-20(25)19(14-17)24(26,27)28)29-15-16-8-6-7-11-21(16)32-18-9-4-3-5-10-18/h3-14,29H,15H2,1-2H3,(H,30,31). The van der Waals surface area contributed by atoms with Crippen LogP contribution in [0.25, 0.3) is 0 Å². The van der Waals surface area contributed by atoms with Gasteiger partial charge in [-0.15, -0.1) is 0 Å². The van der Waals surface area contributed by atoms with Crippen molar-refractivity contribution in [1.29, 1.82) is 0 Å². The number of ether oxygens (including phenoxy) is 1. The number of alkyl halides is 3. The van der Waals surface area contributed by atoms with Crippen LogP contribution in [-0.4, -0.2) is 11.4 Å². The molecule has 0 radical (unpaired) electrons. The minimum Gasteiger partial charge on any atom is -0.457 e. The molecule has 0 aromatic heterocycles. The van der Waals surface area contributed by atoms with E-state index in [-0.39, 0.29) is 12.2 Å². The van der Waals surface area contributed by atoms with E-state index in [1.807, 2.05) is 48.5 Å². The molecule has 0 atom stereocenters. The Morgan fingerprint density at radius 1 is 0.938 bits per heavy atom. The van der Waals surface area contributed by atoms with Crippen LogP contribution in [0.15, 0.2) is 72.8 Å². The summed E-state index contributed by atoms with van der Waals surface area (Å²) in [6.45, 7) is 3.45. The highest BCUT2D eigenvalue weighted by atomic mass is 19.4. The van der Waals surface area contributed by atoms with Crippen LogP contribution in [0.1, 0.15) is 25.0 Å². The highest BCUT2D eigenvalue weighted by Gasteiger charge is 2.35. The highest BCUT2D eigenvalue weighted by molar-refractivity contribution is 5.97. The smallest absolute Gasteiger partial charge is 0.419 e. The molecule has 0 saturated carbocycles. The van der Waals surface area contributed by atoms with Crippen molar-refractivity contribution in [2.24, 2.45) is 0 Å². The molecule has 0 aliphatic carbocycles. The van der Waals surface area contributed by atoms with Gasteiger partial charge in [-0.3, -0.25) is 10.1 Å². The fraction of sp³-hybridized carbons (Fsp3) is 0.208. The predicted octanol–water partition coefficient (Wildman–Crippen LogP) is 6.14. The zero-order valence-corrected chi connectivity index (χ0v) is 17.5. The van der Waals surface area contributed by atoms with Gasteiger partial charge in [0, 0.05) is 17.8 Å². The molecule has 0 bridgehead atoms. The van der Waals surface area contributed by atoms with E-state index in [4.69, 9.17) is 4.74 Å². The van der Waals surface area contributed by atoms with E-state index in [0.717, 1.165) is 11.6 Å². The first-order valence-electron chi connectivity index (χ1n) is 9.80. The van der Waals surface area contributed by atoms with Crippen molar-refractivity contribution < 1.29 is 27.1 Å². The first-order valence-corrected chi connectivity index (χ1v) is 9.80. The van der Waals surface area contributed by atoms with Crippen LogP contribution in [0, 0.1) is 5.82 Å². The Labute approximate surface area is 183 Å². The zero-order chi connectivity index (χ0) is 23.4. The quantitative estimate of drug-likeness (QED) is 0.429. The Morgan fingerprint density at radius 2 is 1.59 bits per heavy atom. The SMILES string of the molecule is CC(C)(NCc1ccccc1Oc1ccccc1)C(=O)Nc1ccc(F)c(C(F)(F)F)c1. The van der Waals surface area contributed by atoms with Crippen molar-refractivity contribution in [3.63, 3.8) is 0 Å². The Bertz CT molecular complexity index is 1080. The molecular formula is C24H22F4N2O2. The fourth-order valence-electron chi connectivity index (χ4n) is 2.87. The van der Waals surface area contributed by atoms with Gasteiger partial charge in [0.15, 0.2) is 0 Å². The third-order valence-electron chi connectivity index (χ3n) is 4.76. The summed E-state index contributed by atoms with van der Waals surface area (Å²) < 4.78 is 58.2. The van der Waals surface area contributed by atoms with Gasteiger partial charge in [0.25, 0.3) is 0 Å². The van der Waals surface area contributed by atoms with Crippen molar-refractivity contribution in [3.05, 3.63) is 89.7 Å². The second kappa shape index (κ2) is 9.40. The number of hydrogen-bond acceptors (Lipinski definition) is 3. The van der Waals surface area contributed by atoms with Crippen LogP contribution in [-0.2, 0) is 17.5 Å². The molecule has 1 amide bonds. The summed E-state index contributed by atoms with van der Waals surface area (Å²) in [6.07, 6.45) is -4.86. The number of halogens is 4. The molecule has 0 saturated heterocycles. The van der Waals surface area contributed by atoms with E-state index in [0.29, 0.717) is 23.6 Å². The van der Waals surface area contributed by atoms with Gasteiger partial charge < -0.3 is 10.1 Å². The Hall–Kier alpha value is -3.39. The van der Waals surface area contributed by atoms with Crippen LogP contribution in [0.3, 0.4) is 0 Å². The molecule has 0 aliphatic rings. The Balaban J connectivity index is 1.69. The van der Waals surface area contributed by atoms with Gasteiger partial charge >= 0.3 is 6.18 Å². The summed E-state index contributed by atoms with van der Waals surface area (Å²) in [6, 6.07) is 18.9. The molecule has 3 aromatic rings. The van der Waals surface area contributed by atoms with Gasteiger partial charge in [-0.05, 0) is 50.2 Å². The molecule has 0 aliphatic heterocycles. The molecule has 0 fully saturated rings. The maximum absolute atomic E-state index is 13.5. The third-order valence-corrected chi connectivity index (χ3v) is 4.76. The number of para-hydroxylation sites is 2. The fourth-order valence-corrected chi connectivity index (χ4v) is 2.87. The van der Waals surface area contributed by atoms with E-state index in [2.05, 4.69) is 10.6 Å². The summed E-state index contributed by atoms with van der Waals surface area (Å²) in [4.78, 5) is 12.7. The number of benzene rings is 3. The molecule has 2 N–H and O–H groups in total. The van der Waals surface area contributed by atoms with Crippen molar-refractivity contribution >= 4 is 11.6 Å². The number of hydrogen-bond donors (Lipinski definition) is 2. The van der Waals surface area contributed by atoms with E-state index in [1.165, 1.54) is 0 Å². The van der Waals surface area contributed by atoms with Crippen molar-refractivity contribution in [3.8, 4) is 11.5 Å². The first-order chi connectivity index (χ1) is 15.1. The van der Waals surface area contributed by atoms with Crippen LogP contribution in [0.2, 0.25) is 0 Å². The van der Waals surface area contributed by atoms with Gasteiger partial charge in [0.1, 0.15) is 17.3 Å². The molecular weight excluding hydrogens is 424 g/mol. The lowest BCUT2D eigenvalue weighted by Gasteiger charge is -2.26. The van der Waals surface area contributed by atoms with E-state index >= 15 is 0 Å². The van der Waals surface area contributed by atoms with Crippen molar-refractivity contribution in [1.82, 2.24) is 5.32 Å². The lowest BCUT2D eigenvalue weighted by Crippen LogP contribution is -2.49. The molecule has 32 heavy (non-hydrogen) atoms. The lowest BCUT2D eigenvalue weighted by atomic mass is 10.0. The van der Waals surface area contributed by atoms with Crippen LogP contribution < -0.4 is 15.4 Å². The minimum absolute atomic E-state index is 0.147. The van der Waals surface area contributed by atoms with Crippen LogP contribution in [0.4, 0.5) is 23.2 Å². The summed E-state index contributed by atoms with van der Waals surface area (Å²) >= 11 is 0. The van der Waals surface area contributed by atoms with Gasteiger partial charge in [0.05, 0.1) is 11.1 Å². The maximum Gasteiger partial charge on any atom is 0.419 e. The molecule has 0 spiro atoms. The second-order valence-electron chi connectivity index (χ2n) is 7.65. The summed E-state index contributed by atoms with van der Waals surface area (Å²) in [5.74, 6) is -0.703. The number of carbonyl (C=O) groups is 1. The van der Waals surface area contributed by atoms with Gasteiger partial charge in [-0.25, -0.2) is 4.39 Å². The summed E-state index contributed by atoms with van der Waals surface area (Å²) in [7, 11) is 0. The second-order valence-corrected chi connectivity index (χ2v) is 7.65. The topological polar surface area (TPSA) is 50.4 Å². The zero-order valence-electron chi connectivity index (χ0n) is 17.5. The first kappa shape index (κ1) is 23.3. The molecule has 0 unspecified atom stereocenters. The normalized spacial score (nSPS) is 11.8. The van der Waals surface area contributed by atoms with Gasteiger partial charge in [-0.1, -0.05) is 36.4 Å². The lowest BCUT2D eigenvalue weighted by molar-refractivity contribution is -0.140. The number of anilines is 1. The predicted molar refractivity (Wildman–Crippen MR) is 114 cm³/mol. The number of nitrogens with one attached hydrogen (secondary N) is 2. The Morgan fingerprint density at radius 3 is 2.28 bits per heavy atom. The van der Waals surface area contributed by atoms with Crippen molar-refractivity contribution in [2.45, 2.75) is 32.1 Å². The monoisotopic (exact) mass is 446 g/mol. The molecule has 4 nitrogen and oxygen atoms in total. The minimum atomic E-state index is -4.86. The molecule has 168 valence electrons. The maximum atomic E-state index is 13.5. The highest BCUT2D eigenvalue weighted by Crippen LogP contribution is 2.33. The molecule has 3 rings (SSSR count). The van der Waals surface area contributed by atoms with Crippen molar-refractivity contribution in [2.75, 3.05) is 5.32 Å². The molecule has 0 heterocycles. The molecule has 8 heteroatoms. The van der Waals surface area contributed by atoms with Gasteiger partial charge in [-0.2, -0.15) is 13.2 Å². The summed E-state index contributed by atoms with van der Waals surface area (Å²) in [5.41, 5.74) is -1.94. The largest absolute Gasteiger partial charge is 0.457 e. The summed E-state index contributed by atoms with van der Waals surface area (Å²) in [5, 5.41) is 5.50. The number of carbonyl (C=O) groups excluding carboxylic acids is 1. The number of amides is 1. The van der Waals surface area contributed by atoms with E-state index in [9.17, 15) is 22.4 Å². The van der Waals surface area contributed by atoms with Crippen LogP contribution >= 0.6 is 0 Å². The number of rotatable bonds is 7. The van der Waals surface area contributed by atoms with Gasteiger partial charge in [0.2, 0.25) is 5.91 Å². The Kier molecular flexibility index (Phi) is 6.84. The third kappa shape index (κ3) is 5.85. The van der Waals surface area contributed by atoms with Crippen LogP contribution in [0.5, 0.6) is 11.5 Å².